The third-order valence-electron chi connectivity index (χ3n) is 2.88. The Balaban J connectivity index is 2.30. The third-order valence-corrected chi connectivity index (χ3v) is 2.88. The maximum absolute atomic E-state index is 11.8. The summed E-state index contributed by atoms with van der Waals surface area (Å²) in [6.45, 7) is 0.282. The van der Waals surface area contributed by atoms with E-state index in [1.165, 1.54) is 19.4 Å². The van der Waals surface area contributed by atoms with Crippen LogP contribution in [0.1, 0.15) is 12.6 Å². The zero-order valence-electron chi connectivity index (χ0n) is 10.2. The summed E-state index contributed by atoms with van der Waals surface area (Å²) in [5, 5.41) is 13.5. The van der Waals surface area contributed by atoms with Gasteiger partial charge in [0.05, 0.1) is 13.2 Å². The molecule has 9 heteroatoms. The van der Waals surface area contributed by atoms with E-state index >= 15 is 0 Å². The Morgan fingerprint density at radius 2 is 2.53 bits per heavy atom. The predicted molar refractivity (Wildman–Crippen MR) is 63.6 cm³/mol. The van der Waals surface area contributed by atoms with Crippen LogP contribution in [0.2, 0.25) is 0 Å². The second-order valence-electron chi connectivity index (χ2n) is 3.97. The molecule has 0 bridgehead atoms. The van der Waals surface area contributed by atoms with Crippen LogP contribution in [-0.4, -0.2) is 40.5 Å². The molecule has 0 aromatic carbocycles. The quantitative estimate of drug-likeness (QED) is 0.476. The highest BCUT2D eigenvalue weighted by atomic mass is 16.5. The van der Waals surface area contributed by atoms with Gasteiger partial charge in [0.2, 0.25) is 5.88 Å². The number of aliphatic hydroxyl groups excluding tert-OH is 1. The highest BCUT2D eigenvalue weighted by molar-refractivity contribution is 5.06. The van der Waals surface area contributed by atoms with Crippen molar-refractivity contribution in [2.75, 3.05) is 13.7 Å². The van der Waals surface area contributed by atoms with Gasteiger partial charge in [0, 0.05) is 23.8 Å². The van der Waals surface area contributed by atoms with Crippen LogP contribution in [0.3, 0.4) is 0 Å². The van der Waals surface area contributed by atoms with Gasteiger partial charge < -0.3 is 14.6 Å². The third kappa shape index (κ3) is 2.68. The molecule has 1 aromatic heterocycles. The van der Waals surface area contributed by atoms with Crippen molar-refractivity contribution < 1.29 is 14.6 Å². The molecule has 0 amide bonds. The van der Waals surface area contributed by atoms with Gasteiger partial charge in [0.1, 0.15) is 6.10 Å². The smallest absolute Gasteiger partial charge is 0.353 e. The van der Waals surface area contributed by atoms with Crippen molar-refractivity contribution >= 4 is 0 Å². The molecule has 2 rings (SSSR count). The number of methoxy groups -OCH3 is 1. The van der Waals surface area contributed by atoms with Crippen LogP contribution < -0.4 is 10.4 Å². The van der Waals surface area contributed by atoms with Crippen molar-refractivity contribution in [3.05, 3.63) is 33.2 Å². The number of hydrogen-bond acceptors (Lipinski definition) is 6. The van der Waals surface area contributed by atoms with E-state index in [4.69, 9.17) is 15.0 Å². The number of azide groups is 1. The van der Waals surface area contributed by atoms with Crippen LogP contribution in [-0.2, 0) is 4.74 Å². The van der Waals surface area contributed by atoms with E-state index < -0.39 is 24.1 Å². The average molecular weight is 267 g/mol. The van der Waals surface area contributed by atoms with Crippen molar-refractivity contribution in [1.29, 1.82) is 0 Å². The first-order chi connectivity index (χ1) is 9.17. The van der Waals surface area contributed by atoms with Crippen molar-refractivity contribution in [2.24, 2.45) is 5.11 Å². The molecule has 0 radical (unpaired) electrons. The zero-order valence-corrected chi connectivity index (χ0v) is 10.2. The maximum atomic E-state index is 11.8. The number of aliphatic hydroxyl groups is 1. The summed E-state index contributed by atoms with van der Waals surface area (Å²) >= 11 is 0. The molecule has 9 nitrogen and oxygen atoms in total. The van der Waals surface area contributed by atoms with Gasteiger partial charge >= 0.3 is 5.69 Å². The fourth-order valence-corrected chi connectivity index (χ4v) is 1.91. The first kappa shape index (κ1) is 13.3. The molecule has 3 unspecified atom stereocenters. The second-order valence-corrected chi connectivity index (χ2v) is 3.97. The van der Waals surface area contributed by atoms with Crippen LogP contribution in [0.4, 0.5) is 0 Å². The monoisotopic (exact) mass is 267 g/mol. The van der Waals surface area contributed by atoms with Crippen molar-refractivity contribution in [3.8, 4) is 5.88 Å². The Morgan fingerprint density at radius 3 is 3.16 bits per heavy atom. The lowest BCUT2D eigenvalue weighted by Gasteiger charge is -2.33. The predicted octanol–water partition coefficient (Wildman–Crippen LogP) is 0.211. The fourth-order valence-electron chi connectivity index (χ4n) is 1.91. The summed E-state index contributed by atoms with van der Waals surface area (Å²) in [6.07, 6.45) is -0.201. The Morgan fingerprint density at radius 1 is 1.74 bits per heavy atom. The molecule has 3 atom stereocenters. The number of aromatic nitrogens is 2. The van der Waals surface area contributed by atoms with Gasteiger partial charge in [-0.1, -0.05) is 5.11 Å². The number of hydrogen-bond donors (Lipinski definition) is 1. The number of nitrogens with zero attached hydrogens (tertiary/aromatic N) is 5. The minimum Gasteiger partial charge on any atom is -0.481 e. The highest BCUT2D eigenvalue weighted by Gasteiger charge is 2.34. The Labute approximate surface area is 108 Å². The van der Waals surface area contributed by atoms with Gasteiger partial charge in [-0.05, 0) is 12.0 Å². The lowest BCUT2D eigenvalue weighted by molar-refractivity contribution is -0.125. The van der Waals surface area contributed by atoms with Gasteiger partial charge in [-0.15, -0.1) is 0 Å². The van der Waals surface area contributed by atoms with E-state index in [2.05, 4.69) is 15.0 Å². The molecule has 0 aliphatic carbocycles. The molecule has 1 fully saturated rings. The minimum atomic E-state index is -1.10. The van der Waals surface area contributed by atoms with E-state index in [0.29, 0.717) is 6.42 Å². The summed E-state index contributed by atoms with van der Waals surface area (Å²) in [6, 6.07) is 0.854. The van der Waals surface area contributed by atoms with Gasteiger partial charge in [-0.3, -0.25) is 4.57 Å². The van der Waals surface area contributed by atoms with Gasteiger partial charge in [0.25, 0.3) is 0 Å². The van der Waals surface area contributed by atoms with Crippen molar-refractivity contribution in [2.45, 2.75) is 24.8 Å². The van der Waals surface area contributed by atoms with Crippen LogP contribution in [0.15, 0.2) is 22.2 Å². The van der Waals surface area contributed by atoms with Crippen LogP contribution >= 0.6 is 0 Å². The Kier molecular flexibility index (Phi) is 4.00. The molecule has 2 heterocycles. The summed E-state index contributed by atoms with van der Waals surface area (Å²) in [5.41, 5.74) is 7.82. The van der Waals surface area contributed by atoms with Crippen molar-refractivity contribution in [3.63, 3.8) is 0 Å². The molecular formula is C10H13N5O4. The lowest BCUT2D eigenvalue weighted by Crippen LogP contribution is -2.44. The minimum absolute atomic E-state index is 0.179. The first-order valence-corrected chi connectivity index (χ1v) is 5.64. The molecule has 0 saturated carbocycles. The van der Waals surface area contributed by atoms with Gasteiger partial charge in [-0.2, -0.15) is 4.98 Å². The summed E-state index contributed by atoms with van der Waals surface area (Å²) in [4.78, 5) is 18.1. The maximum Gasteiger partial charge on any atom is 0.353 e. The summed E-state index contributed by atoms with van der Waals surface area (Å²) in [7, 11) is 1.40. The first-order valence-electron chi connectivity index (χ1n) is 5.64. The fraction of sp³-hybridized carbons (Fsp3) is 0.600. The van der Waals surface area contributed by atoms with E-state index in [9.17, 15) is 9.90 Å². The van der Waals surface area contributed by atoms with E-state index in [0.717, 1.165) is 4.57 Å². The largest absolute Gasteiger partial charge is 0.481 e. The molecule has 102 valence electrons. The number of rotatable bonds is 3. The molecule has 1 aromatic rings. The Bertz CT molecular complexity index is 553. The summed E-state index contributed by atoms with van der Waals surface area (Å²) < 4.78 is 11.3. The number of ether oxygens (including phenoxy) is 2. The normalized spacial score (nSPS) is 26.5. The van der Waals surface area contributed by atoms with E-state index in [1.54, 1.807) is 0 Å². The molecular weight excluding hydrogens is 254 g/mol. The molecule has 1 aliphatic heterocycles. The Hall–Kier alpha value is -2.09. The molecule has 1 N–H and O–H groups in total. The molecule has 0 spiro atoms. The second kappa shape index (κ2) is 5.70. The molecule has 1 saturated heterocycles. The molecule has 1 aliphatic rings. The van der Waals surface area contributed by atoms with Crippen molar-refractivity contribution in [1.82, 2.24) is 9.55 Å². The summed E-state index contributed by atoms with van der Waals surface area (Å²) in [5.74, 6) is 0.179. The topological polar surface area (TPSA) is 122 Å². The zero-order chi connectivity index (χ0) is 13.8. The van der Waals surface area contributed by atoms with Crippen LogP contribution in [0, 0.1) is 0 Å². The van der Waals surface area contributed by atoms with Crippen LogP contribution in [0.5, 0.6) is 5.88 Å². The highest BCUT2D eigenvalue weighted by Crippen LogP contribution is 2.24. The van der Waals surface area contributed by atoms with E-state index in [1.807, 2.05) is 0 Å². The van der Waals surface area contributed by atoms with Gasteiger partial charge in [0.15, 0.2) is 6.23 Å². The standard InChI is InChI=1S/C10H13N5O4/c1-18-7-2-4-15(10(17)12-7)9-8(16)6(13-14-11)3-5-19-9/h2,4,6,8-9,16H,3,5H2,1H3. The lowest BCUT2D eigenvalue weighted by atomic mass is 10.0. The SMILES string of the molecule is COc1ccn(C2OCCC(N=[N+]=[N-])C2O)c(=O)n1. The van der Waals surface area contributed by atoms with E-state index in [-0.39, 0.29) is 12.5 Å². The average Bonchev–Trinajstić information content (AvgIpc) is 2.42. The van der Waals surface area contributed by atoms with Crippen LogP contribution in [0.25, 0.3) is 10.4 Å². The molecule has 19 heavy (non-hydrogen) atoms. The van der Waals surface area contributed by atoms with Gasteiger partial charge in [-0.25, -0.2) is 4.79 Å².